The van der Waals surface area contributed by atoms with Crippen LogP contribution in [0.3, 0.4) is 0 Å². The normalized spacial score (nSPS) is 16.9. The van der Waals surface area contributed by atoms with Gasteiger partial charge in [0, 0.05) is 12.3 Å². The van der Waals surface area contributed by atoms with Crippen molar-refractivity contribution in [1.29, 1.82) is 0 Å². The van der Waals surface area contributed by atoms with Crippen LogP contribution >= 0.6 is 11.9 Å². The van der Waals surface area contributed by atoms with Crippen LogP contribution in [-0.4, -0.2) is 27.5 Å². The zero-order valence-electron chi connectivity index (χ0n) is 14.3. The quantitative estimate of drug-likeness (QED) is 0.336. The highest BCUT2D eigenvalue weighted by molar-refractivity contribution is 7.96. The van der Waals surface area contributed by atoms with Gasteiger partial charge in [0.2, 0.25) is 11.8 Å². The van der Waals surface area contributed by atoms with Crippen LogP contribution in [0.2, 0.25) is 0 Å². The predicted octanol–water partition coefficient (Wildman–Crippen LogP) is 3.17. The summed E-state index contributed by atoms with van der Waals surface area (Å²) < 4.78 is 8.41. The molecule has 1 fully saturated rings. The fourth-order valence-electron chi connectivity index (χ4n) is 3.35. The van der Waals surface area contributed by atoms with Gasteiger partial charge in [-0.15, -0.1) is 0 Å². The van der Waals surface area contributed by atoms with Gasteiger partial charge in [-0.25, -0.2) is 5.48 Å². The monoisotopic (exact) mass is 356 g/mol. The molecular weight excluding hydrogens is 328 g/mol. The molecule has 1 atom stereocenters. The molecule has 0 saturated heterocycles. The Kier molecular flexibility index (Phi) is 8.55. The summed E-state index contributed by atoms with van der Waals surface area (Å²) in [6.07, 6.45) is 11.8. The van der Waals surface area contributed by atoms with E-state index in [1.165, 1.54) is 50.5 Å². The van der Waals surface area contributed by atoms with Gasteiger partial charge in [-0.3, -0.25) is 14.7 Å². The molecule has 1 aromatic heterocycles. The SMILES string of the molecule is CSNCc1noc([C@H](CCCC2CCCCC2)CC(=O)NO)n1. The molecule has 24 heavy (non-hydrogen) atoms. The van der Waals surface area contributed by atoms with Gasteiger partial charge >= 0.3 is 0 Å². The standard InChI is InChI=1S/C16H28N4O3S/c1-24-17-11-14-18-16(23-20-14)13(10-15(21)19-22)9-5-8-12-6-3-2-4-7-12/h12-13,17,22H,2-11H2,1H3,(H,19,21)/t13-/m1/s1. The number of nitrogens with zero attached hydrogens (tertiary/aromatic N) is 2. The summed E-state index contributed by atoms with van der Waals surface area (Å²) in [6, 6.07) is 0. The first kappa shape index (κ1) is 19.2. The van der Waals surface area contributed by atoms with Crippen LogP contribution in [0, 0.1) is 5.92 Å². The van der Waals surface area contributed by atoms with E-state index >= 15 is 0 Å². The lowest BCUT2D eigenvalue weighted by Crippen LogP contribution is -2.21. The number of rotatable bonds is 10. The Labute approximate surface area is 147 Å². The van der Waals surface area contributed by atoms with Crippen LogP contribution in [-0.2, 0) is 11.3 Å². The first-order valence-electron chi connectivity index (χ1n) is 8.74. The summed E-state index contributed by atoms with van der Waals surface area (Å²) in [6.45, 7) is 0.520. The Balaban J connectivity index is 1.88. The zero-order chi connectivity index (χ0) is 17.2. The van der Waals surface area contributed by atoms with Crippen molar-refractivity contribution in [2.24, 2.45) is 5.92 Å². The molecule has 0 unspecified atom stereocenters. The maximum Gasteiger partial charge on any atom is 0.244 e. The van der Waals surface area contributed by atoms with Crippen molar-refractivity contribution in [2.45, 2.75) is 70.3 Å². The van der Waals surface area contributed by atoms with E-state index in [1.54, 1.807) is 5.48 Å². The molecule has 1 aromatic rings. The topological polar surface area (TPSA) is 100 Å². The van der Waals surface area contributed by atoms with E-state index in [0.717, 1.165) is 18.8 Å². The second-order valence-corrected chi connectivity index (χ2v) is 7.14. The number of amides is 1. The third-order valence-corrected chi connectivity index (χ3v) is 5.09. The summed E-state index contributed by atoms with van der Waals surface area (Å²) >= 11 is 1.49. The van der Waals surface area contributed by atoms with Crippen LogP contribution in [0.5, 0.6) is 0 Å². The van der Waals surface area contributed by atoms with Crippen LogP contribution in [0.15, 0.2) is 4.52 Å². The number of hydroxylamine groups is 1. The lowest BCUT2D eigenvalue weighted by atomic mass is 9.84. The fraction of sp³-hybridized carbons (Fsp3) is 0.812. The Hall–Kier alpha value is -1.12. The first-order chi connectivity index (χ1) is 11.7. The molecule has 0 radical (unpaired) electrons. The molecule has 1 amide bonds. The fourth-order valence-corrected chi connectivity index (χ4v) is 3.63. The Bertz CT molecular complexity index is 491. The molecule has 0 aromatic carbocycles. The highest BCUT2D eigenvalue weighted by Gasteiger charge is 2.23. The summed E-state index contributed by atoms with van der Waals surface area (Å²) in [5.41, 5.74) is 1.70. The van der Waals surface area contributed by atoms with E-state index in [-0.39, 0.29) is 12.3 Å². The van der Waals surface area contributed by atoms with Gasteiger partial charge < -0.3 is 4.52 Å². The summed E-state index contributed by atoms with van der Waals surface area (Å²) in [4.78, 5) is 16.0. The van der Waals surface area contributed by atoms with Crippen molar-refractivity contribution in [3.63, 3.8) is 0 Å². The number of carbonyl (C=O) groups is 1. The molecule has 0 bridgehead atoms. The van der Waals surface area contributed by atoms with Gasteiger partial charge in [0.25, 0.3) is 0 Å². The maximum atomic E-state index is 11.6. The molecule has 1 aliphatic carbocycles. The van der Waals surface area contributed by atoms with Crippen molar-refractivity contribution < 1.29 is 14.5 Å². The molecule has 1 aliphatic rings. The maximum absolute atomic E-state index is 11.6. The van der Waals surface area contributed by atoms with Crippen molar-refractivity contribution in [3.8, 4) is 0 Å². The average molecular weight is 356 g/mol. The van der Waals surface area contributed by atoms with Crippen molar-refractivity contribution >= 4 is 17.9 Å². The second kappa shape index (κ2) is 10.7. The van der Waals surface area contributed by atoms with Crippen LogP contribution in [0.25, 0.3) is 0 Å². The summed E-state index contributed by atoms with van der Waals surface area (Å²) in [7, 11) is 0. The van der Waals surface area contributed by atoms with E-state index in [0.29, 0.717) is 18.3 Å². The lowest BCUT2D eigenvalue weighted by Gasteiger charge is -2.22. The molecule has 8 heteroatoms. The average Bonchev–Trinajstić information content (AvgIpc) is 3.08. The van der Waals surface area contributed by atoms with Gasteiger partial charge in [-0.1, -0.05) is 62.1 Å². The predicted molar refractivity (Wildman–Crippen MR) is 92.4 cm³/mol. The first-order valence-corrected chi connectivity index (χ1v) is 9.96. The third-order valence-electron chi connectivity index (χ3n) is 4.65. The molecule has 7 nitrogen and oxygen atoms in total. The Morgan fingerprint density at radius 2 is 2.21 bits per heavy atom. The van der Waals surface area contributed by atoms with E-state index < -0.39 is 5.91 Å². The van der Waals surface area contributed by atoms with E-state index in [4.69, 9.17) is 9.73 Å². The number of hydrogen-bond acceptors (Lipinski definition) is 7. The van der Waals surface area contributed by atoms with Gasteiger partial charge in [0.05, 0.1) is 6.54 Å². The smallest absolute Gasteiger partial charge is 0.244 e. The number of carbonyl (C=O) groups excluding carboxylic acids is 1. The Morgan fingerprint density at radius 1 is 1.42 bits per heavy atom. The van der Waals surface area contributed by atoms with Gasteiger partial charge in [0.1, 0.15) is 0 Å². The van der Waals surface area contributed by atoms with E-state index in [1.807, 2.05) is 6.26 Å². The summed E-state index contributed by atoms with van der Waals surface area (Å²) in [5.74, 6) is 1.33. The molecule has 1 heterocycles. The van der Waals surface area contributed by atoms with Gasteiger partial charge in [-0.2, -0.15) is 4.98 Å². The summed E-state index contributed by atoms with van der Waals surface area (Å²) in [5, 5.41) is 12.8. The lowest BCUT2D eigenvalue weighted by molar-refractivity contribution is -0.129. The third kappa shape index (κ3) is 6.41. The van der Waals surface area contributed by atoms with Gasteiger partial charge in [-0.05, 0) is 18.6 Å². The number of aromatic nitrogens is 2. The highest BCUT2D eigenvalue weighted by atomic mass is 32.2. The minimum atomic E-state index is -0.417. The minimum Gasteiger partial charge on any atom is -0.339 e. The van der Waals surface area contributed by atoms with Crippen LogP contribution in [0.4, 0.5) is 0 Å². The Morgan fingerprint density at radius 3 is 2.92 bits per heavy atom. The molecule has 3 N–H and O–H groups in total. The zero-order valence-corrected chi connectivity index (χ0v) is 15.1. The second-order valence-electron chi connectivity index (χ2n) is 6.45. The van der Waals surface area contributed by atoms with Crippen LogP contribution < -0.4 is 10.2 Å². The van der Waals surface area contributed by atoms with E-state index in [2.05, 4.69) is 14.9 Å². The molecule has 2 rings (SSSR count). The van der Waals surface area contributed by atoms with Crippen molar-refractivity contribution in [2.75, 3.05) is 6.26 Å². The van der Waals surface area contributed by atoms with E-state index in [9.17, 15) is 4.79 Å². The highest BCUT2D eigenvalue weighted by Crippen LogP contribution is 2.31. The van der Waals surface area contributed by atoms with Crippen molar-refractivity contribution in [3.05, 3.63) is 11.7 Å². The molecule has 0 aliphatic heterocycles. The molecular formula is C16H28N4O3S. The molecule has 0 spiro atoms. The largest absolute Gasteiger partial charge is 0.339 e. The number of hydrogen-bond donors (Lipinski definition) is 3. The van der Waals surface area contributed by atoms with Crippen molar-refractivity contribution in [1.82, 2.24) is 20.3 Å². The number of nitrogens with one attached hydrogen (secondary N) is 2. The molecule has 136 valence electrons. The minimum absolute atomic E-state index is 0.142. The molecule has 1 saturated carbocycles. The van der Waals surface area contributed by atoms with Crippen LogP contribution in [0.1, 0.15) is 75.4 Å². The van der Waals surface area contributed by atoms with Gasteiger partial charge in [0.15, 0.2) is 5.82 Å².